The van der Waals surface area contributed by atoms with Gasteiger partial charge in [0.1, 0.15) is 16.7 Å². The maximum Gasteiger partial charge on any atom is 0.264 e. The summed E-state index contributed by atoms with van der Waals surface area (Å²) in [6.07, 6.45) is 0.666. The van der Waals surface area contributed by atoms with E-state index < -0.39 is 5.91 Å². The van der Waals surface area contributed by atoms with E-state index in [1.807, 2.05) is 48.5 Å². The van der Waals surface area contributed by atoms with E-state index in [4.69, 9.17) is 0 Å². The normalized spacial score (nSPS) is 18.0. The van der Waals surface area contributed by atoms with Gasteiger partial charge >= 0.3 is 0 Å². The first-order valence-corrected chi connectivity index (χ1v) is 10.4. The summed E-state index contributed by atoms with van der Waals surface area (Å²) in [5, 5.41) is 12.4. The highest BCUT2D eigenvalue weighted by Gasteiger charge is 2.38. The molecule has 0 spiro atoms. The van der Waals surface area contributed by atoms with Gasteiger partial charge in [-0.05, 0) is 43.2 Å². The minimum atomic E-state index is -0.468. The van der Waals surface area contributed by atoms with Gasteiger partial charge in [-0.2, -0.15) is 5.26 Å². The molecule has 2 amide bonds. The van der Waals surface area contributed by atoms with Crippen LogP contribution in [0.25, 0.3) is 0 Å². The molecule has 1 fully saturated rings. The molecule has 0 unspecified atom stereocenters. The molecule has 1 aliphatic rings. The molecule has 0 aromatic heterocycles. The Morgan fingerprint density at radius 2 is 1.89 bits per heavy atom. The van der Waals surface area contributed by atoms with Crippen LogP contribution >= 0.6 is 27.7 Å². The number of hydrogen-bond donors (Lipinski definition) is 1. The van der Waals surface area contributed by atoms with Crippen molar-refractivity contribution in [2.24, 2.45) is 0 Å². The molecule has 2 aromatic carbocycles. The maximum atomic E-state index is 12.7. The lowest BCUT2D eigenvalue weighted by molar-refractivity contribution is -0.117. The van der Waals surface area contributed by atoms with E-state index in [0.29, 0.717) is 23.7 Å². The SMILES string of the molecule is C[C@H]1S/C(=C(\C#N)C(=O)NCCc2ccccc2)N(c2ccc(Br)cc2)C1=O. The molecule has 5 nitrogen and oxygen atoms in total. The van der Waals surface area contributed by atoms with Crippen LogP contribution in [0.2, 0.25) is 0 Å². The molecule has 142 valence electrons. The number of nitrogens with zero attached hydrogens (tertiary/aromatic N) is 2. The number of carbonyl (C=O) groups excluding carboxylic acids is 2. The summed E-state index contributed by atoms with van der Waals surface area (Å²) in [4.78, 5) is 26.8. The number of amides is 2. The molecule has 0 radical (unpaired) electrons. The molecular formula is C21H18BrN3O2S. The zero-order chi connectivity index (χ0) is 20.1. The van der Waals surface area contributed by atoms with Gasteiger partial charge in [0.25, 0.3) is 5.91 Å². The van der Waals surface area contributed by atoms with E-state index in [-0.39, 0.29) is 16.7 Å². The number of halogens is 1. The van der Waals surface area contributed by atoms with Gasteiger partial charge in [-0.3, -0.25) is 14.5 Å². The van der Waals surface area contributed by atoms with Gasteiger partial charge in [0, 0.05) is 16.7 Å². The molecule has 2 aromatic rings. The Kier molecular flexibility index (Phi) is 6.55. The Bertz CT molecular complexity index is 952. The van der Waals surface area contributed by atoms with Crippen molar-refractivity contribution in [3.8, 4) is 6.07 Å². The second kappa shape index (κ2) is 9.09. The van der Waals surface area contributed by atoms with Crippen molar-refractivity contribution in [2.75, 3.05) is 11.4 Å². The number of thioether (sulfide) groups is 1. The molecule has 0 bridgehead atoms. The van der Waals surface area contributed by atoms with Gasteiger partial charge in [0.2, 0.25) is 5.91 Å². The van der Waals surface area contributed by atoms with Crippen LogP contribution in [0.15, 0.2) is 69.7 Å². The summed E-state index contributed by atoms with van der Waals surface area (Å²) in [5.74, 6) is -0.614. The van der Waals surface area contributed by atoms with Gasteiger partial charge < -0.3 is 5.32 Å². The molecule has 0 aliphatic carbocycles. The summed E-state index contributed by atoms with van der Waals surface area (Å²) in [6, 6.07) is 19.0. The van der Waals surface area contributed by atoms with Gasteiger partial charge in [0.05, 0.1) is 5.25 Å². The van der Waals surface area contributed by atoms with E-state index in [9.17, 15) is 14.9 Å². The van der Waals surface area contributed by atoms with Crippen LogP contribution < -0.4 is 10.2 Å². The van der Waals surface area contributed by atoms with Gasteiger partial charge in [-0.1, -0.05) is 58.0 Å². The lowest BCUT2D eigenvalue weighted by atomic mass is 10.1. The van der Waals surface area contributed by atoms with Gasteiger partial charge in [-0.15, -0.1) is 0 Å². The van der Waals surface area contributed by atoms with Crippen LogP contribution in [0.3, 0.4) is 0 Å². The van der Waals surface area contributed by atoms with Crippen molar-refractivity contribution < 1.29 is 9.59 Å². The molecule has 3 rings (SSSR count). The van der Waals surface area contributed by atoms with Crippen LogP contribution in [0.4, 0.5) is 5.69 Å². The zero-order valence-corrected chi connectivity index (χ0v) is 17.6. The fraction of sp³-hybridized carbons (Fsp3) is 0.190. The van der Waals surface area contributed by atoms with Crippen molar-refractivity contribution in [2.45, 2.75) is 18.6 Å². The van der Waals surface area contributed by atoms with Crippen LogP contribution in [0, 0.1) is 11.3 Å². The van der Waals surface area contributed by atoms with Crippen molar-refractivity contribution in [1.82, 2.24) is 5.32 Å². The highest BCUT2D eigenvalue weighted by Crippen LogP contribution is 2.40. The first kappa shape index (κ1) is 20.2. The highest BCUT2D eigenvalue weighted by molar-refractivity contribution is 9.10. The summed E-state index contributed by atoms with van der Waals surface area (Å²) < 4.78 is 0.883. The number of benzene rings is 2. The lowest BCUT2D eigenvalue weighted by Gasteiger charge is -2.18. The Morgan fingerprint density at radius 3 is 2.54 bits per heavy atom. The van der Waals surface area contributed by atoms with Crippen LogP contribution in [-0.4, -0.2) is 23.6 Å². The third-order valence-corrected chi connectivity index (χ3v) is 5.93. The number of hydrogen-bond acceptors (Lipinski definition) is 4. The molecule has 1 aliphatic heterocycles. The van der Waals surface area contributed by atoms with Crippen LogP contribution in [0.1, 0.15) is 12.5 Å². The molecule has 1 N–H and O–H groups in total. The fourth-order valence-electron chi connectivity index (χ4n) is 2.81. The molecule has 7 heteroatoms. The van der Waals surface area contributed by atoms with E-state index in [1.165, 1.54) is 16.7 Å². The first-order chi connectivity index (χ1) is 13.5. The van der Waals surface area contributed by atoms with E-state index in [2.05, 4.69) is 21.2 Å². The first-order valence-electron chi connectivity index (χ1n) is 8.74. The van der Waals surface area contributed by atoms with Crippen molar-refractivity contribution in [3.05, 3.63) is 75.2 Å². The van der Waals surface area contributed by atoms with Crippen molar-refractivity contribution in [1.29, 1.82) is 5.26 Å². The minimum Gasteiger partial charge on any atom is -0.351 e. The quantitative estimate of drug-likeness (QED) is 0.545. The van der Waals surface area contributed by atoms with Crippen LogP contribution in [-0.2, 0) is 16.0 Å². The number of anilines is 1. The molecule has 0 saturated carbocycles. The summed E-state index contributed by atoms with van der Waals surface area (Å²) in [6.45, 7) is 2.18. The number of carbonyl (C=O) groups is 2. The Morgan fingerprint density at radius 1 is 1.21 bits per heavy atom. The molecule has 1 saturated heterocycles. The lowest BCUT2D eigenvalue weighted by Crippen LogP contribution is -2.31. The largest absolute Gasteiger partial charge is 0.351 e. The number of nitrogens with one attached hydrogen (secondary N) is 1. The molecular weight excluding hydrogens is 438 g/mol. The second-order valence-electron chi connectivity index (χ2n) is 6.19. The Hall–Kier alpha value is -2.56. The maximum absolute atomic E-state index is 12.7. The van der Waals surface area contributed by atoms with E-state index in [1.54, 1.807) is 19.1 Å². The topological polar surface area (TPSA) is 73.2 Å². The second-order valence-corrected chi connectivity index (χ2v) is 8.44. The van der Waals surface area contributed by atoms with E-state index in [0.717, 1.165) is 10.0 Å². The fourth-order valence-corrected chi connectivity index (χ4v) is 4.17. The number of rotatable bonds is 5. The summed E-state index contributed by atoms with van der Waals surface area (Å²) in [5.41, 5.74) is 1.69. The predicted octanol–water partition coefficient (Wildman–Crippen LogP) is 4.01. The monoisotopic (exact) mass is 455 g/mol. The Labute approximate surface area is 176 Å². The van der Waals surface area contributed by atoms with Crippen molar-refractivity contribution >= 4 is 45.2 Å². The Balaban J connectivity index is 1.82. The minimum absolute atomic E-state index is 0.0429. The number of nitriles is 1. The standard InChI is InChI=1S/C21H18BrN3O2S/c1-14-20(27)25(17-9-7-16(22)8-10-17)21(28-14)18(13-23)19(26)24-12-11-15-5-3-2-4-6-15/h2-10,14H,11-12H2,1H3,(H,24,26)/b21-18+/t14-/m1/s1. The average molecular weight is 456 g/mol. The summed E-state index contributed by atoms with van der Waals surface area (Å²) in [7, 11) is 0. The average Bonchev–Trinajstić information content (AvgIpc) is 2.98. The zero-order valence-electron chi connectivity index (χ0n) is 15.2. The molecule has 1 heterocycles. The predicted molar refractivity (Wildman–Crippen MR) is 114 cm³/mol. The van der Waals surface area contributed by atoms with Gasteiger partial charge in [0.15, 0.2) is 0 Å². The summed E-state index contributed by atoms with van der Waals surface area (Å²) >= 11 is 4.61. The van der Waals surface area contributed by atoms with Crippen LogP contribution in [0.5, 0.6) is 0 Å². The highest BCUT2D eigenvalue weighted by atomic mass is 79.9. The van der Waals surface area contributed by atoms with Crippen molar-refractivity contribution in [3.63, 3.8) is 0 Å². The van der Waals surface area contributed by atoms with E-state index >= 15 is 0 Å². The smallest absolute Gasteiger partial charge is 0.264 e. The molecule has 1 atom stereocenters. The third kappa shape index (κ3) is 4.46. The third-order valence-electron chi connectivity index (χ3n) is 4.24. The molecule has 28 heavy (non-hydrogen) atoms. The van der Waals surface area contributed by atoms with Gasteiger partial charge in [-0.25, -0.2) is 0 Å².